The molecule has 0 radical (unpaired) electrons. The highest BCUT2D eigenvalue weighted by molar-refractivity contribution is 6.13. The summed E-state index contributed by atoms with van der Waals surface area (Å²) < 4.78 is 0. The summed E-state index contributed by atoms with van der Waals surface area (Å²) in [7, 11) is 1.69. The molecule has 1 aliphatic rings. The molecule has 0 aromatic heterocycles. The first-order valence-corrected chi connectivity index (χ1v) is 5.92. The largest absolute Gasteiger partial charge is 0.508 e. The topological polar surface area (TPSA) is 52.9 Å². The van der Waals surface area contributed by atoms with Gasteiger partial charge in [0.15, 0.2) is 0 Å². The molecule has 1 aromatic rings. The molecule has 0 saturated heterocycles. The molecule has 1 heterocycles. The number of benzene rings is 1. The Hall–Kier alpha value is -2.10. The van der Waals surface area contributed by atoms with E-state index >= 15 is 0 Å². The number of rotatable bonds is 1. The van der Waals surface area contributed by atoms with E-state index < -0.39 is 0 Å². The molecule has 1 aliphatic heterocycles. The second kappa shape index (κ2) is 6.00. The number of phenolic OH excluding ortho intramolecular Hbond substituents is 1. The molecule has 0 saturated carbocycles. The van der Waals surface area contributed by atoms with Crippen LogP contribution in [0.2, 0.25) is 0 Å². The van der Waals surface area contributed by atoms with Gasteiger partial charge in [-0.25, -0.2) is 4.99 Å². The number of amides is 1. The summed E-state index contributed by atoms with van der Waals surface area (Å²) in [5.41, 5.74) is 1.26. The van der Waals surface area contributed by atoms with Gasteiger partial charge in [-0.05, 0) is 30.7 Å². The molecule has 1 amide bonds. The molecular weight excluding hydrogens is 228 g/mol. The van der Waals surface area contributed by atoms with Gasteiger partial charge in [0.05, 0.1) is 0 Å². The van der Waals surface area contributed by atoms with Crippen LogP contribution in [0.15, 0.2) is 35.0 Å². The Morgan fingerprint density at radius 3 is 2.22 bits per heavy atom. The molecule has 0 aliphatic carbocycles. The Morgan fingerprint density at radius 1 is 1.22 bits per heavy atom. The average molecular weight is 246 g/mol. The summed E-state index contributed by atoms with van der Waals surface area (Å²) in [6, 6.07) is 6.62. The van der Waals surface area contributed by atoms with Crippen molar-refractivity contribution in [1.29, 1.82) is 0 Å². The third-order valence-corrected chi connectivity index (χ3v) is 2.49. The first-order valence-electron chi connectivity index (χ1n) is 5.92. The summed E-state index contributed by atoms with van der Waals surface area (Å²) in [4.78, 5) is 17.3. The van der Waals surface area contributed by atoms with E-state index in [4.69, 9.17) is 5.11 Å². The van der Waals surface area contributed by atoms with E-state index in [-0.39, 0.29) is 11.7 Å². The van der Waals surface area contributed by atoms with Crippen molar-refractivity contribution in [2.75, 3.05) is 7.05 Å². The van der Waals surface area contributed by atoms with E-state index in [9.17, 15) is 4.79 Å². The molecule has 18 heavy (non-hydrogen) atoms. The zero-order chi connectivity index (χ0) is 13.7. The summed E-state index contributed by atoms with van der Waals surface area (Å²) in [6.07, 6.45) is 1.70. The fourth-order valence-corrected chi connectivity index (χ4v) is 1.44. The molecule has 0 fully saturated rings. The van der Waals surface area contributed by atoms with Gasteiger partial charge in [0.25, 0.3) is 5.91 Å². The molecule has 1 aromatic carbocycles. The van der Waals surface area contributed by atoms with Crippen LogP contribution >= 0.6 is 0 Å². The van der Waals surface area contributed by atoms with Crippen LogP contribution in [0.4, 0.5) is 0 Å². The number of carbonyl (C=O) groups excluding carboxylic acids is 1. The van der Waals surface area contributed by atoms with Gasteiger partial charge in [-0.2, -0.15) is 0 Å². The smallest absolute Gasteiger partial charge is 0.277 e. The Bertz CT molecular complexity index is 487. The van der Waals surface area contributed by atoms with Crippen LogP contribution in [0, 0.1) is 0 Å². The highest BCUT2D eigenvalue weighted by atomic mass is 16.3. The maximum Gasteiger partial charge on any atom is 0.277 e. The van der Waals surface area contributed by atoms with Crippen LogP contribution in [-0.2, 0) is 4.79 Å². The van der Waals surface area contributed by atoms with Crippen LogP contribution < -0.4 is 0 Å². The summed E-state index contributed by atoms with van der Waals surface area (Å²) in [5.74, 6) is 0.789. The van der Waals surface area contributed by atoms with Crippen molar-refractivity contribution >= 4 is 17.8 Å². The molecule has 1 N–H and O–H groups in total. The van der Waals surface area contributed by atoms with Gasteiger partial charge in [0.2, 0.25) is 0 Å². The number of aromatic hydroxyl groups is 1. The number of carbonyl (C=O) groups is 1. The lowest BCUT2D eigenvalue weighted by Crippen LogP contribution is -2.25. The van der Waals surface area contributed by atoms with E-state index in [0.29, 0.717) is 11.5 Å². The Labute approximate surface area is 107 Å². The van der Waals surface area contributed by atoms with Crippen molar-refractivity contribution in [2.24, 2.45) is 4.99 Å². The van der Waals surface area contributed by atoms with E-state index in [0.717, 1.165) is 5.56 Å². The quantitative estimate of drug-likeness (QED) is 0.774. The maximum absolute atomic E-state index is 11.7. The van der Waals surface area contributed by atoms with Crippen LogP contribution in [0.5, 0.6) is 5.75 Å². The number of hydrogen-bond acceptors (Lipinski definition) is 3. The van der Waals surface area contributed by atoms with Gasteiger partial charge < -0.3 is 5.11 Å². The SMILES string of the molecule is CC.CC1=N/C(=C\c2ccc(O)cc2)C(=O)N1C. The molecule has 4 nitrogen and oxygen atoms in total. The Balaban J connectivity index is 0.000000771. The standard InChI is InChI=1S/C12H12N2O2.C2H6/c1-8-13-11(12(16)14(8)2)7-9-3-5-10(15)6-4-9;1-2/h3-7,15H,1-2H3;1-2H3/b11-7-;. The third-order valence-electron chi connectivity index (χ3n) is 2.49. The normalized spacial score (nSPS) is 16.4. The monoisotopic (exact) mass is 246 g/mol. The van der Waals surface area contributed by atoms with Crippen molar-refractivity contribution in [2.45, 2.75) is 20.8 Å². The molecule has 0 atom stereocenters. The molecule has 0 bridgehead atoms. The van der Waals surface area contributed by atoms with Crippen molar-refractivity contribution in [3.63, 3.8) is 0 Å². The van der Waals surface area contributed by atoms with E-state index in [2.05, 4.69) is 4.99 Å². The molecule has 2 rings (SSSR count). The predicted molar refractivity (Wildman–Crippen MR) is 73.3 cm³/mol. The number of phenols is 1. The molecule has 96 valence electrons. The summed E-state index contributed by atoms with van der Waals surface area (Å²) in [6.45, 7) is 5.79. The summed E-state index contributed by atoms with van der Waals surface area (Å²) >= 11 is 0. The minimum absolute atomic E-state index is 0.106. The van der Waals surface area contributed by atoms with Crippen molar-refractivity contribution in [3.05, 3.63) is 35.5 Å². The minimum atomic E-state index is -0.106. The number of aliphatic imine (C=N–C) groups is 1. The fraction of sp³-hybridized carbons (Fsp3) is 0.286. The first-order chi connectivity index (χ1) is 8.58. The number of nitrogens with zero attached hydrogens (tertiary/aromatic N) is 2. The number of hydrogen-bond donors (Lipinski definition) is 1. The van der Waals surface area contributed by atoms with Crippen LogP contribution in [-0.4, -0.2) is 28.8 Å². The van der Waals surface area contributed by atoms with Crippen LogP contribution in [0.25, 0.3) is 6.08 Å². The zero-order valence-corrected chi connectivity index (χ0v) is 11.1. The minimum Gasteiger partial charge on any atom is -0.508 e. The van der Waals surface area contributed by atoms with Crippen LogP contribution in [0.3, 0.4) is 0 Å². The van der Waals surface area contributed by atoms with Gasteiger partial charge in [-0.3, -0.25) is 9.69 Å². The van der Waals surface area contributed by atoms with Gasteiger partial charge >= 0.3 is 0 Å². The fourth-order valence-electron chi connectivity index (χ4n) is 1.44. The number of likely N-dealkylation sites (N-methyl/N-ethyl adjacent to an activating group) is 1. The lowest BCUT2D eigenvalue weighted by Gasteiger charge is -2.05. The lowest BCUT2D eigenvalue weighted by atomic mass is 10.2. The predicted octanol–water partition coefficient (Wildman–Crippen LogP) is 2.65. The van der Waals surface area contributed by atoms with E-state index in [1.807, 2.05) is 13.8 Å². The average Bonchev–Trinajstić information content (AvgIpc) is 2.62. The van der Waals surface area contributed by atoms with Crippen molar-refractivity contribution in [1.82, 2.24) is 4.90 Å². The van der Waals surface area contributed by atoms with Gasteiger partial charge in [-0.1, -0.05) is 26.0 Å². The Morgan fingerprint density at radius 2 is 1.78 bits per heavy atom. The molecule has 0 spiro atoms. The number of amidine groups is 1. The van der Waals surface area contributed by atoms with Crippen molar-refractivity contribution < 1.29 is 9.90 Å². The maximum atomic E-state index is 11.7. The Kier molecular flexibility index (Phi) is 4.66. The zero-order valence-electron chi connectivity index (χ0n) is 11.1. The molecular formula is C14H18N2O2. The molecule has 0 unspecified atom stereocenters. The van der Waals surface area contributed by atoms with Crippen molar-refractivity contribution in [3.8, 4) is 5.75 Å². The highest BCUT2D eigenvalue weighted by Gasteiger charge is 2.23. The van der Waals surface area contributed by atoms with Gasteiger partial charge in [-0.15, -0.1) is 0 Å². The highest BCUT2D eigenvalue weighted by Crippen LogP contribution is 2.18. The van der Waals surface area contributed by atoms with Gasteiger partial charge in [0.1, 0.15) is 17.3 Å². The van der Waals surface area contributed by atoms with E-state index in [1.165, 1.54) is 4.90 Å². The van der Waals surface area contributed by atoms with Gasteiger partial charge in [0, 0.05) is 7.05 Å². The molecule has 4 heteroatoms. The summed E-state index contributed by atoms with van der Waals surface area (Å²) in [5, 5.41) is 9.13. The second-order valence-corrected chi connectivity index (χ2v) is 3.64. The lowest BCUT2D eigenvalue weighted by molar-refractivity contribution is -0.121. The second-order valence-electron chi connectivity index (χ2n) is 3.64. The van der Waals surface area contributed by atoms with E-state index in [1.54, 1.807) is 44.3 Å². The van der Waals surface area contributed by atoms with Crippen LogP contribution in [0.1, 0.15) is 26.3 Å². The first kappa shape index (κ1) is 14.0. The third kappa shape index (κ3) is 2.97.